The molecule has 24 heavy (non-hydrogen) atoms. The van der Waals surface area contributed by atoms with Crippen LogP contribution in [0.4, 0.5) is 5.69 Å². The predicted octanol–water partition coefficient (Wildman–Crippen LogP) is 3.06. The van der Waals surface area contributed by atoms with Crippen LogP contribution in [-0.4, -0.2) is 22.1 Å². The molecule has 0 bridgehead atoms. The van der Waals surface area contributed by atoms with E-state index in [1.54, 1.807) is 6.92 Å². The highest BCUT2D eigenvalue weighted by molar-refractivity contribution is 5.84. The van der Waals surface area contributed by atoms with Gasteiger partial charge in [0.25, 0.3) is 11.2 Å². The highest BCUT2D eigenvalue weighted by Crippen LogP contribution is 2.22. The lowest BCUT2D eigenvalue weighted by Crippen LogP contribution is -2.29. The molecule has 1 unspecified atom stereocenters. The Balaban J connectivity index is 2.36. The Morgan fingerprint density at radius 1 is 1.25 bits per heavy atom. The maximum absolute atomic E-state index is 12.2. The summed E-state index contributed by atoms with van der Waals surface area (Å²) in [5, 5.41) is 11.4. The number of nitro benzene ring substituents is 1. The molecular formula is C17H20N2O5. The van der Waals surface area contributed by atoms with E-state index in [4.69, 9.17) is 4.74 Å². The van der Waals surface area contributed by atoms with Gasteiger partial charge < -0.3 is 4.74 Å². The van der Waals surface area contributed by atoms with Gasteiger partial charge in [0, 0.05) is 23.6 Å². The summed E-state index contributed by atoms with van der Waals surface area (Å²) in [6.07, 6.45) is 0.745. The van der Waals surface area contributed by atoms with Crippen molar-refractivity contribution in [2.45, 2.75) is 33.2 Å². The quantitative estimate of drug-likeness (QED) is 0.460. The fraction of sp³-hybridized carbons (Fsp3) is 0.412. The zero-order valence-electron chi connectivity index (χ0n) is 13.9. The molecule has 0 aliphatic carbocycles. The van der Waals surface area contributed by atoms with E-state index in [0.29, 0.717) is 23.4 Å². The van der Waals surface area contributed by atoms with Crippen LogP contribution < -0.4 is 5.56 Å². The molecule has 0 fully saturated rings. The molecule has 0 N–H and O–H groups in total. The predicted molar refractivity (Wildman–Crippen MR) is 90.0 cm³/mol. The number of carbonyl (C=O) groups excluding carboxylic acids is 1. The van der Waals surface area contributed by atoms with E-state index in [1.165, 1.54) is 34.9 Å². The van der Waals surface area contributed by atoms with Gasteiger partial charge in [0.15, 0.2) is 0 Å². The van der Waals surface area contributed by atoms with Gasteiger partial charge in [0.2, 0.25) is 0 Å². The van der Waals surface area contributed by atoms with E-state index in [1.807, 2.05) is 13.8 Å². The van der Waals surface area contributed by atoms with Crippen LogP contribution in [0, 0.1) is 16.0 Å². The van der Waals surface area contributed by atoms with Gasteiger partial charge in [-0.05, 0) is 31.4 Å². The van der Waals surface area contributed by atoms with Crippen molar-refractivity contribution in [2.75, 3.05) is 6.61 Å². The van der Waals surface area contributed by atoms with Crippen molar-refractivity contribution < 1.29 is 14.5 Å². The number of nitrogens with zero attached hydrogens (tertiary/aromatic N) is 2. The van der Waals surface area contributed by atoms with Crippen molar-refractivity contribution in [1.82, 2.24) is 4.57 Å². The first kappa shape index (κ1) is 17.7. The summed E-state index contributed by atoms with van der Waals surface area (Å²) in [6.45, 7) is 5.94. The Morgan fingerprint density at radius 2 is 1.96 bits per heavy atom. The van der Waals surface area contributed by atoms with E-state index in [9.17, 15) is 19.7 Å². The minimum absolute atomic E-state index is 0.0696. The Kier molecular flexibility index (Phi) is 5.33. The molecule has 2 rings (SSSR count). The van der Waals surface area contributed by atoms with Crippen molar-refractivity contribution in [3.8, 4) is 0 Å². The van der Waals surface area contributed by atoms with Crippen LogP contribution in [0.25, 0.3) is 10.9 Å². The third kappa shape index (κ3) is 3.79. The normalized spacial score (nSPS) is 12.3. The minimum atomic E-state index is -0.810. The number of nitro groups is 1. The number of hydrogen-bond acceptors (Lipinski definition) is 5. The number of non-ortho nitro benzene ring substituents is 1. The van der Waals surface area contributed by atoms with Crippen molar-refractivity contribution in [3.05, 3.63) is 50.8 Å². The lowest BCUT2D eigenvalue weighted by molar-refractivity contribution is -0.384. The van der Waals surface area contributed by atoms with Crippen molar-refractivity contribution in [3.63, 3.8) is 0 Å². The lowest BCUT2D eigenvalue weighted by atomic mass is 10.1. The molecule has 0 spiro atoms. The molecule has 1 atom stereocenters. The fourth-order valence-corrected chi connectivity index (χ4v) is 2.39. The third-order valence-electron chi connectivity index (χ3n) is 3.79. The molecule has 0 saturated heterocycles. The van der Waals surface area contributed by atoms with Crippen LogP contribution in [0.15, 0.2) is 35.1 Å². The van der Waals surface area contributed by atoms with Gasteiger partial charge in [-0.2, -0.15) is 0 Å². The number of esters is 1. The zero-order valence-corrected chi connectivity index (χ0v) is 13.9. The van der Waals surface area contributed by atoms with E-state index < -0.39 is 16.9 Å². The summed E-state index contributed by atoms with van der Waals surface area (Å²) in [5.74, 6) is -0.0856. The number of aromatic nitrogens is 1. The van der Waals surface area contributed by atoms with E-state index in [0.717, 1.165) is 6.42 Å². The van der Waals surface area contributed by atoms with Gasteiger partial charge in [-0.3, -0.25) is 19.5 Å². The van der Waals surface area contributed by atoms with Crippen LogP contribution >= 0.6 is 0 Å². The van der Waals surface area contributed by atoms with Crippen molar-refractivity contribution >= 4 is 22.6 Å². The van der Waals surface area contributed by atoms with Gasteiger partial charge in [0.05, 0.1) is 17.0 Å². The van der Waals surface area contributed by atoms with Gasteiger partial charge in [-0.1, -0.05) is 13.8 Å². The first-order valence-corrected chi connectivity index (χ1v) is 7.77. The molecule has 7 nitrogen and oxygen atoms in total. The smallest absolute Gasteiger partial charge is 0.328 e. The maximum Gasteiger partial charge on any atom is 0.328 e. The largest absolute Gasteiger partial charge is 0.464 e. The average molecular weight is 332 g/mol. The third-order valence-corrected chi connectivity index (χ3v) is 3.79. The Bertz CT molecular complexity index is 825. The first-order valence-electron chi connectivity index (χ1n) is 7.77. The molecule has 0 aliphatic heterocycles. The monoisotopic (exact) mass is 332 g/mol. The first-order chi connectivity index (χ1) is 11.3. The van der Waals surface area contributed by atoms with Crippen molar-refractivity contribution in [2.24, 2.45) is 5.92 Å². The molecule has 1 aromatic carbocycles. The minimum Gasteiger partial charge on any atom is -0.464 e. The highest BCUT2D eigenvalue weighted by atomic mass is 16.6. The Hall–Kier alpha value is -2.70. The number of rotatable bonds is 6. The number of benzene rings is 1. The molecule has 0 radical (unpaired) electrons. The maximum atomic E-state index is 12.2. The molecular weight excluding hydrogens is 312 g/mol. The number of pyridine rings is 1. The molecule has 128 valence electrons. The molecule has 1 heterocycles. The zero-order chi connectivity index (χ0) is 17.9. The molecule has 0 aliphatic rings. The summed E-state index contributed by atoms with van der Waals surface area (Å²) in [7, 11) is 0. The van der Waals surface area contributed by atoms with Gasteiger partial charge in [-0.25, -0.2) is 4.79 Å². The van der Waals surface area contributed by atoms with E-state index in [-0.39, 0.29) is 11.2 Å². The Morgan fingerprint density at radius 3 is 2.58 bits per heavy atom. The summed E-state index contributed by atoms with van der Waals surface area (Å²) in [4.78, 5) is 34.8. The number of fused-ring (bicyclic) bond motifs is 1. The van der Waals surface area contributed by atoms with E-state index >= 15 is 0 Å². The molecule has 1 aromatic heterocycles. The SMILES string of the molecule is CC(C)CCOC(=O)C(C)n1c(=O)ccc2cc([N+](=O)[O-])ccc21. The van der Waals surface area contributed by atoms with E-state index in [2.05, 4.69) is 0 Å². The van der Waals surface area contributed by atoms with Crippen molar-refractivity contribution in [1.29, 1.82) is 0 Å². The molecule has 2 aromatic rings. The highest BCUT2D eigenvalue weighted by Gasteiger charge is 2.20. The topological polar surface area (TPSA) is 91.4 Å². The second kappa shape index (κ2) is 7.25. The molecule has 0 amide bonds. The molecule has 0 saturated carbocycles. The van der Waals surface area contributed by atoms with Crippen LogP contribution in [0.2, 0.25) is 0 Å². The summed E-state index contributed by atoms with van der Waals surface area (Å²) in [5.41, 5.74) is 0.0333. The van der Waals surface area contributed by atoms with Crippen LogP contribution in [0.1, 0.15) is 33.2 Å². The summed E-state index contributed by atoms with van der Waals surface area (Å²) < 4.78 is 6.53. The average Bonchev–Trinajstić information content (AvgIpc) is 2.53. The Labute approximate surface area is 139 Å². The summed E-state index contributed by atoms with van der Waals surface area (Å²) in [6, 6.07) is 6.17. The number of carbonyl (C=O) groups is 1. The second-order valence-corrected chi connectivity index (χ2v) is 6.07. The second-order valence-electron chi connectivity index (χ2n) is 6.07. The lowest BCUT2D eigenvalue weighted by Gasteiger charge is -2.17. The summed E-state index contributed by atoms with van der Waals surface area (Å²) >= 11 is 0. The molecule has 7 heteroatoms. The number of ether oxygens (including phenoxy) is 1. The van der Waals surface area contributed by atoms with Crippen LogP contribution in [0.3, 0.4) is 0 Å². The standard InChI is InChI=1S/C17H20N2O5/c1-11(2)8-9-24-17(21)12(3)18-15-6-5-14(19(22)23)10-13(15)4-7-16(18)20/h4-7,10-12H,8-9H2,1-3H3. The van der Waals surface area contributed by atoms with Gasteiger partial charge >= 0.3 is 5.97 Å². The number of hydrogen-bond donors (Lipinski definition) is 0. The van der Waals surface area contributed by atoms with Gasteiger partial charge in [0.1, 0.15) is 6.04 Å². The van der Waals surface area contributed by atoms with Gasteiger partial charge in [-0.15, -0.1) is 0 Å². The van der Waals surface area contributed by atoms with Crippen LogP contribution in [0.5, 0.6) is 0 Å². The fourth-order valence-electron chi connectivity index (χ4n) is 2.39. The van der Waals surface area contributed by atoms with Crippen LogP contribution in [-0.2, 0) is 9.53 Å².